The Hall–Kier alpha value is -1.52. The van der Waals surface area contributed by atoms with Crippen LogP contribution in [0.3, 0.4) is 0 Å². The summed E-state index contributed by atoms with van der Waals surface area (Å²) in [7, 11) is 0. The van der Waals surface area contributed by atoms with Crippen LogP contribution in [0.15, 0.2) is 11.6 Å². The molecule has 2 N–H and O–H groups in total. The summed E-state index contributed by atoms with van der Waals surface area (Å²) in [6, 6.07) is -0.0226. The van der Waals surface area contributed by atoms with Gasteiger partial charge >= 0.3 is 6.09 Å². The maximum atomic E-state index is 11.7. The summed E-state index contributed by atoms with van der Waals surface area (Å²) in [4.78, 5) is 23.3. The Balaban J connectivity index is 2.42. The summed E-state index contributed by atoms with van der Waals surface area (Å²) in [5.74, 6) is 0.354. The summed E-state index contributed by atoms with van der Waals surface area (Å²) in [6.45, 7) is 9.63. The zero-order chi connectivity index (χ0) is 15.3. The van der Waals surface area contributed by atoms with Crippen molar-refractivity contribution < 1.29 is 14.3 Å². The lowest BCUT2D eigenvalue weighted by atomic mass is 10.1. The molecule has 1 aliphatic carbocycles. The summed E-state index contributed by atoms with van der Waals surface area (Å²) in [6.07, 6.45) is 3.31. The molecule has 1 atom stereocenters. The van der Waals surface area contributed by atoms with Gasteiger partial charge in [-0.25, -0.2) is 4.79 Å². The van der Waals surface area contributed by atoms with Gasteiger partial charge in [-0.1, -0.05) is 5.57 Å². The largest absolute Gasteiger partial charge is 0.444 e. The number of hydrogen-bond acceptors (Lipinski definition) is 3. The molecule has 0 bridgehead atoms. The van der Waals surface area contributed by atoms with Crippen LogP contribution in [-0.4, -0.2) is 30.2 Å². The predicted octanol–water partition coefficient (Wildman–Crippen LogP) is 2.37. The Morgan fingerprint density at radius 1 is 1.30 bits per heavy atom. The molecule has 1 fully saturated rings. The van der Waals surface area contributed by atoms with Gasteiger partial charge in [0.25, 0.3) is 0 Å². The minimum absolute atomic E-state index is 0.0226. The van der Waals surface area contributed by atoms with Gasteiger partial charge in [-0.3, -0.25) is 4.79 Å². The van der Waals surface area contributed by atoms with Crippen LogP contribution in [-0.2, 0) is 9.53 Å². The molecule has 2 amide bonds. The molecule has 0 aliphatic heterocycles. The van der Waals surface area contributed by atoms with E-state index in [0.29, 0.717) is 12.5 Å². The van der Waals surface area contributed by atoms with Gasteiger partial charge in [0.05, 0.1) is 0 Å². The molecule has 20 heavy (non-hydrogen) atoms. The van der Waals surface area contributed by atoms with Crippen molar-refractivity contribution >= 4 is 12.0 Å². The maximum absolute atomic E-state index is 11.7. The molecular formula is C15H26N2O3. The van der Waals surface area contributed by atoms with Crippen molar-refractivity contribution in [1.29, 1.82) is 0 Å². The molecule has 0 spiro atoms. The fourth-order valence-electron chi connectivity index (χ4n) is 1.83. The van der Waals surface area contributed by atoms with Gasteiger partial charge in [0, 0.05) is 18.7 Å². The highest BCUT2D eigenvalue weighted by molar-refractivity contribution is 5.88. The van der Waals surface area contributed by atoms with Gasteiger partial charge < -0.3 is 15.4 Å². The number of amides is 2. The van der Waals surface area contributed by atoms with Crippen molar-refractivity contribution in [3.8, 4) is 0 Å². The van der Waals surface area contributed by atoms with Crippen molar-refractivity contribution in [3.05, 3.63) is 11.6 Å². The predicted molar refractivity (Wildman–Crippen MR) is 78.3 cm³/mol. The minimum atomic E-state index is -0.509. The zero-order valence-electron chi connectivity index (χ0n) is 13.1. The van der Waals surface area contributed by atoms with Gasteiger partial charge in [-0.15, -0.1) is 0 Å². The van der Waals surface area contributed by atoms with Crippen LogP contribution >= 0.6 is 0 Å². The van der Waals surface area contributed by atoms with Gasteiger partial charge in [0.15, 0.2) is 0 Å². The number of carbonyl (C=O) groups excluding carboxylic acids is 2. The van der Waals surface area contributed by atoms with E-state index in [2.05, 4.69) is 10.6 Å². The number of carbonyl (C=O) groups is 2. The first-order chi connectivity index (χ1) is 9.17. The molecule has 0 saturated heterocycles. The fourth-order valence-corrected chi connectivity index (χ4v) is 1.83. The van der Waals surface area contributed by atoms with Crippen molar-refractivity contribution in [3.63, 3.8) is 0 Å². The summed E-state index contributed by atoms with van der Waals surface area (Å²) in [5.41, 5.74) is 0.446. The first-order valence-corrected chi connectivity index (χ1v) is 7.09. The second kappa shape index (κ2) is 6.77. The highest BCUT2D eigenvalue weighted by atomic mass is 16.6. The van der Waals surface area contributed by atoms with E-state index in [9.17, 15) is 9.59 Å². The van der Waals surface area contributed by atoms with E-state index in [-0.39, 0.29) is 11.9 Å². The average Bonchev–Trinajstić information content (AvgIpc) is 3.03. The quantitative estimate of drug-likeness (QED) is 0.761. The van der Waals surface area contributed by atoms with E-state index in [0.717, 1.165) is 18.4 Å². The number of alkyl carbamates (subject to hydrolysis) is 1. The average molecular weight is 282 g/mol. The van der Waals surface area contributed by atoms with E-state index < -0.39 is 11.7 Å². The van der Waals surface area contributed by atoms with Crippen LogP contribution in [0.2, 0.25) is 0 Å². The van der Waals surface area contributed by atoms with Crippen molar-refractivity contribution in [2.45, 2.75) is 59.1 Å². The highest BCUT2D eigenvalue weighted by Gasteiger charge is 2.32. The van der Waals surface area contributed by atoms with Gasteiger partial charge in [0.2, 0.25) is 5.91 Å². The molecule has 114 valence electrons. The van der Waals surface area contributed by atoms with Crippen molar-refractivity contribution in [2.24, 2.45) is 5.92 Å². The van der Waals surface area contributed by atoms with Crippen LogP contribution in [0.4, 0.5) is 4.79 Å². The highest BCUT2D eigenvalue weighted by Crippen LogP contribution is 2.32. The molecule has 0 radical (unpaired) electrons. The molecule has 1 aliphatic rings. The van der Waals surface area contributed by atoms with Gasteiger partial charge in [-0.2, -0.15) is 0 Å². The smallest absolute Gasteiger partial charge is 0.407 e. The van der Waals surface area contributed by atoms with E-state index >= 15 is 0 Å². The first kappa shape index (κ1) is 16.5. The first-order valence-electron chi connectivity index (χ1n) is 7.09. The second-order valence-electron chi connectivity index (χ2n) is 6.56. The molecule has 1 rings (SSSR count). The fraction of sp³-hybridized carbons (Fsp3) is 0.733. The van der Waals surface area contributed by atoms with Crippen molar-refractivity contribution in [2.75, 3.05) is 6.54 Å². The van der Waals surface area contributed by atoms with Crippen LogP contribution in [0.5, 0.6) is 0 Å². The molecule has 0 aromatic rings. The third-order valence-corrected chi connectivity index (χ3v) is 2.80. The number of allylic oxidation sites excluding steroid dienone is 1. The number of nitrogens with one attached hydrogen (secondary N) is 2. The van der Waals surface area contributed by atoms with E-state index in [1.807, 2.05) is 34.6 Å². The lowest BCUT2D eigenvalue weighted by molar-refractivity contribution is -0.117. The Morgan fingerprint density at radius 2 is 1.90 bits per heavy atom. The Kier molecular flexibility index (Phi) is 5.60. The standard InChI is InChI=1S/C15H26N2O3/c1-10(2)8-13(18)17-12(11-6-7-11)9-16-14(19)20-15(3,4)5/h8,11-12H,6-7,9H2,1-5H3,(H,16,19)(H,17,18). The van der Waals surface area contributed by atoms with E-state index in [4.69, 9.17) is 4.74 Å². The monoisotopic (exact) mass is 282 g/mol. The molecule has 0 aromatic carbocycles. The Bertz CT molecular complexity index is 388. The number of rotatable bonds is 5. The van der Waals surface area contributed by atoms with Crippen LogP contribution in [0, 0.1) is 5.92 Å². The molecule has 1 unspecified atom stereocenters. The number of hydrogen-bond donors (Lipinski definition) is 2. The molecule has 5 nitrogen and oxygen atoms in total. The SMILES string of the molecule is CC(C)=CC(=O)NC(CNC(=O)OC(C)(C)C)C1CC1. The molecule has 0 heterocycles. The summed E-state index contributed by atoms with van der Waals surface area (Å²) in [5, 5.41) is 5.67. The Morgan fingerprint density at radius 3 is 2.35 bits per heavy atom. The molecular weight excluding hydrogens is 256 g/mol. The molecule has 1 saturated carbocycles. The summed E-state index contributed by atoms with van der Waals surface area (Å²) < 4.78 is 5.18. The van der Waals surface area contributed by atoms with Crippen LogP contribution in [0.1, 0.15) is 47.5 Å². The van der Waals surface area contributed by atoms with E-state index in [1.165, 1.54) is 0 Å². The number of ether oxygens (including phenoxy) is 1. The van der Waals surface area contributed by atoms with Crippen molar-refractivity contribution in [1.82, 2.24) is 10.6 Å². The Labute approximate surface area is 121 Å². The lowest BCUT2D eigenvalue weighted by Gasteiger charge is -2.22. The minimum Gasteiger partial charge on any atom is -0.444 e. The van der Waals surface area contributed by atoms with Gasteiger partial charge in [0.1, 0.15) is 5.60 Å². The third kappa shape index (κ3) is 7.16. The maximum Gasteiger partial charge on any atom is 0.407 e. The lowest BCUT2D eigenvalue weighted by Crippen LogP contribution is -2.45. The topological polar surface area (TPSA) is 67.4 Å². The normalized spacial score (nSPS) is 16.1. The molecule has 5 heteroatoms. The van der Waals surface area contributed by atoms with E-state index in [1.54, 1.807) is 6.08 Å². The zero-order valence-corrected chi connectivity index (χ0v) is 13.1. The van der Waals surface area contributed by atoms with Crippen LogP contribution < -0.4 is 10.6 Å². The summed E-state index contributed by atoms with van der Waals surface area (Å²) >= 11 is 0. The van der Waals surface area contributed by atoms with Crippen LogP contribution in [0.25, 0.3) is 0 Å². The second-order valence-corrected chi connectivity index (χ2v) is 6.56. The molecule has 0 aromatic heterocycles. The van der Waals surface area contributed by atoms with Gasteiger partial charge in [-0.05, 0) is 53.4 Å². The third-order valence-electron chi connectivity index (χ3n) is 2.80.